The minimum absolute atomic E-state index is 0.0938. The highest BCUT2D eigenvalue weighted by atomic mass is 32.1. The molecule has 2 rings (SSSR count). The Morgan fingerprint density at radius 3 is 2.42 bits per heavy atom. The summed E-state index contributed by atoms with van der Waals surface area (Å²) in [6, 6.07) is 0. The van der Waals surface area contributed by atoms with E-state index in [1.165, 1.54) is 12.8 Å². The molecule has 2 fully saturated rings. The lowest BCUT2D eigenvalue weighted by Crippen LogP contribution is -2.40. The second-order valence-corrected chi connectivity index (χ2v) is 5.34. The van der Waals surface area contributed by atoms with Gasteiger partial charge >= 0.3 is 0 Å². The summed E-state index contributed by atoms with van der Waals surface area (Å²) >= 11 is 4.42. The summed E-state index contributed by atoms with van der Waals surface area (Å²) < 4.78 is 0. The highest BCUT2D eigenvalue weighted by molar-refractivity contribution is 7.80. The van der Waals surface area contributed by atoms with Crippen molar-refractivity contribution < 1.29 is 5.11 Å². The van der Waals surface area contributed by atoms with Crippen LogP contribution in [0.15, 0.2) is 0 Å². The number of hydrogen-bond acceptors (Lipinski definition) is 2. The van der Waals surface area contributed by atoms with E-state index in [4.69, 9.17) is 0 Å². The summed E-state index contributed by atoms with van der Waals surface area (Å²) in [6.45, 7) is 4.61. The first-order valence-electron chi connectivity index (χ1n) is 4.83. The molecular weight excluding hydrogens is 168 g/mol. The third-order valence-electron chi connectivity index (χ3n) is 4.67. The quantitative estimate of drug-likeness (QED) is 0.601. The predicted molar refractivity (Wildman–Crippen MR) is 53.4 cm³/mol. The van der Waals surface area contributed by atoms with E-state index in [1.54, 1.807) is 0 Å². The standard InChI is InChI=1S/C10H18OS/c1-9(2)7-3-4-10(9,6-12)8(11)5-7/h7-8,11-12H,3-6H2,1-2H3/t7-,8-,10+/m1/s1. The summed E-state index contributed by atoms with van der Waals surface area (Å²) in [6.07, 6.45) is 3.39. The number of rotatable bonds is 1. The maximum Gasteiger partial charge on any atom is 0.0612 e. The molecule has 2 aliphatic carbocycles. The van der Waals surface area contributed by atoms with Crippen LogP contribution in [0.2, 0.25) is 0 Å². The molecule has 0 aliphatic heterocycles. The molecule has 0 radical (unpaired) electrons. The van der Waals surface area contributed by atoms with E-state index in [1.807, 2.05) is 0 Å². The van der Waals surface area contributed by atoms with Crippen LogP contribution >= 0.6 is 12.6 Å². The maximum absolute atomic E-state index is 9.96. The third-order valence-corrected chi connectivity index (χ3v) is 5.23. The molecule has 0 spiro atoms. The molecule has 12 heavy (non-hydrogen) atoms. The van der Waals surface area contributed by atoms with Gasteiger partial charge in [0, 0.05) is 5.41 Å². The van der Waals surface area contributed by atoms with Crippen molar-refractivity contribution in [3.05, 3.63) is 0 Å². The van der Waals surface area contributed by atoms with E-state index in [2.05, 4.69) is 26.5 Å². The number of thiol groups is 1. The zero-order chi connectivity index (χ0) is 8.98. The predicted octanol–water partition coefficient (Wildman–Crippen LogP) is 2.10. The van der Waals surface area contributed by atoms with Crippen LogP contribution < -0.4 is 0 Å². The largest absolute Gasteiger partial charge is 0.392 e. The minimum Gasteiger partial charge on any atom is -0.392 e. The van der Waals surface area contributed by atoms with Gasteiger partial charge in [0.2, 0.25) is 0 Å². The van der Waals surface area contributed by atoms with Gasteiger partial charge in [-0.2, -0.15) is 12.6 Å². The molecule has 2 saturated carbocycles. The molecule has 0 amide bonds. The van der Waals surface area contributed by atoms with E-state index in [9.17, 15) is 5.11 Å². The molecule has 0 unspecified atom stereocenters. The normalized spacial score (nSPS) is 50.0. The Labute approximate surface area is 80.0 Å². The molecule has 1 N–H and O–H groups in total. The molecule has 2 heteroatoms. The maximum atomic E-state index is 9.96. The van der Waals surface area contributed by atoms with Gasteiger partial charge in [-0.05, 0) is 36.3 Å². The Morgan fingerprint density at radius 2 is 2.17 bits per heavy atom. The van der Waals surface area contributed by atoms with Crippen molar-refractivity contribution in [1.29, 1.82) is 0 Å². The molecule has 2 bridgehead atoms. The first kappa shape index (κ1) is 8.89. The Balaban J connectivity index is 2.39. The average molecular weight is 186 g/mol. The lowest BCUT2D eigenvalue weighted by Gasteiger charge is -2.39. The molecule has 1 nitrogen and oxygen atoms in total. The third kappa shape index (κ3) is 0.759. The van der Waals surface area contributed by atoms with E-state index in [0.29, 0.717) is 5.41 Å². The SMILES string of the molecule is CC1(C)[C@@H]2CC[C@]1(CS)[C@H](O)C2. The van der Waals surface area contributed by atoms with Crippen molar-refractivity contribution >= 4 is 12.6 Å². The van der Waals surface area contributed by atoms with Gasteiger partial charge in [-0.1, -0.05) is 13.8 Å². The average Bonchev–Trinajstić information content (AvgIpc) is 2.36. The van der Waals surface area contributed by atoms with Gasteiger partial charge in [-0.25, -0.2) is 0 Å². The molecule has 0 saturated heterocycles. The zero-order valence-corrected chi connectivity index (χ0v) is 8.77. The number of aliphatic hydroxyl groups excluding tert-OH is 1. The van der Waals surface area contributed by atoms with Crippen molar-refractivity contribution in [2.75, 3.05) is 5.75 Å². The number of fused-ring (bicyclic) bond motifs is 2. The van der Waals surface area contributed by atoms with E-state index >= 15 is 0 Å². The summed E-state index contributed by atoms with van der Waals surface area (Å²) in [7, 11) is 0. The van der Waals surface area contributed by atoms with Crippen molar-refractivity contribution in [3.8, 4) is 0 Å². The fourth-order valence-corrected chi connectivity index (χ4v) is 4.19. The van der Waals surface area contributed by atoms with Gasteiger partial charge in [0.05, 0.1) is 6.10 Å². The number of aliphatic hydroxyl groups is 1. The highest BCUT2D eigenvalue weighted by Crippen LogP contribution is 2.65. The van der Waals surface area contributed by atoms with E-state index < -0.39 is 0 Å². The summed E-state index contributed by atoms with van der Waals surface area (Å²) in [5.41, 5.74) is 0.439. The molecule has 3 atom stereocenters. The molecule has 70 valence electrons. The first-order chi connectivity index (χ1) is 5.54. The molecule has 2 aliphatic rings. The van der Waals surface area contributed by atoms with Gasteiger partial charge in [0.1, 0.15) is 0 Å². The Hall–Kier alpha value is 0.310. The van der Waals surface area contributed by atoms with Crippen molar-refractivity contribution in [2.45, 2.75) is 39.2 Å². The molecule has 0 aromatic heterocycles. The molecular formula is C10H18OS. The highest BCUT2D eigenvalue weighted by Gasteiger charge is 2.62. The van der Waals surface area contributed by atoms with E-state index in [0.717, 1.165) is 18.1 Å². The van der Waals surface area contributed by atoms with Crippen molar-refractivity contribution in [1.82, 2.24) is 0 Å². The van der Waals surface area contributed by atoms with Crippen molar-refractivity contribution in [3.63, 3.8) is 0 Å². The van der Waals surface area contributed by atoms with Gasteiger partial charge < -0.3 is 5.11 Å². The van der Waals surface area contributed by atoms with Crippen LogP contribution in [0.25, 0.3) is 0 Å². The Bertz CT molecular complexity index is 202. The lowest BCUT2D eigenvalue weighted by atomic mass is 9.70. The monoisotopic (exact) mass is 186 g/mol. The second-order valence-electron chi connectivity index (χ2n) is 5.02. The summed E-state index contributed by atoms with van der Waals surface area (Å²) in [4.78, 5) is 0. The van der Waals surface area contributed by atoms with Crippen LogP contribution in [-0.4, -0.2) is 17.0 Å². The van der Waals surface area contributed by atoms with Gasteiger partial charge in [-0.3, -0.25) is 0 Å². The molecule has 0 heterocycles. The van der Waals surface area contributed by atoms with Crippen molar-refractivity contribution in [2.24, 2.45) is 16.7 Å². The smallest absolute Gasteiger partial charge is 0.0612 e. The van der Waals surface area contributed by atoms with Crippen LogP contribution in [0.1, 0.15) is 33.1 Å². The Kier molecular flexibility index (Phi) is 1.79. The minimum atomic E-state index is -0.0938. The fraction of sp³-hybridized carbons (Fsp3) is 1.00. The van der Waals surface area contributed by atoms with Crippen LogP contribution in [0.3, 0.4) is 0 Å². The van der Waals surface area contributed by atoms with Crippen LogP contribution in [0.4, 0.5) is 0 Å². The lowest BCUT2D eigenvalue weighted by molar-refractivity contribution is 0.0171. The molecule has 0 aromatic carbocycles. The van der Waals surface area contributed by atoms with Crippen LogP contribution in [0, 0.1) is 16.7 Å². The van der Waals surface area contributed by atoms with Crippen LogP contribution in [0.5, 0.6) is 0 Å². The first-order valence-corrected chi connectivity index (χ1v) is 5.47. The van der Waals surface area contributed by atoms with E-state index in [-0.39, 0.29) is 11.5 Å². The number of hydrogen-bond donors (Lipinski definition) is 2. The van der Waals surface area contributed by atoms with Gasteiger partial charge in [0.25, 0.3) is 0 Å². The zero-order valence-electron chi connectivity index (χ0n) is 7.88. The Morgan fingerprint density at radius 1 is 1.50 bits per heavy atom. The topological polar surface area (TPSA) is 20.2 Å². The fourth-order valence-electron chi connectivity index (χ4n) is 3.41. The van der Waals surface area contributed by atoms with Gasteiger partial charge in [-0.15, -0.1) is 0 Å². The van der Waals surface area contributed by atoms with Crippen LogP contribution in [-0.2, 0) is 0 Å². The van der Waals surface area contributed by atoms with Gasteiger partial charge in [0.15, 0.2) is 0 Å². The molecule has 0 aromatic rings. The summed E-state index contributed by atoms with van der Waals surface area (Å²) in [5, 5.41) is 9.96. The summed E-state index contributed by atoms with van der Waals surface area (Å²) in [5.74, 6) is 1.58. The second kappa shape index (κ2) is 2.42.